The molecular weight excluding hydrogens is 400 g/mol. The molecule has 0 N–H and O–H groups in total. The normalized spacial score (nSPS) is 13.7. The number of thioether (sulfide) groups is 1. The third-order valence-electron chi connectivity index (χ3n) is 5.09. The lowest BCUT2D eigenvalue weighted by atomic mass is 10.1. The van der Waals surface area contributed by atoms with Crippen molar-refractivity contribution in [2.75, 3.05) is 24.3 Å². The summed E-state index contributed by atoms with van der Waals surface area (Å²) in [7, 11) is 3.49. The highest BCUT2D eigenvalue weighted by atomic mass is 32.2. The van der Waals surface area contributed by atoms with Gasteiger partial charge in [0.05, 0.1) is 18.4 Å². The fourth-order valence-corrected chi connectivity index (χ4v) is 4.27. The van der Waals surface area contributed by atoms with Gasteiger partial charge in [-0.3, -0.25) is 9.59 Å². The number of carbonyl (C=O) groups is 2. The standard InChI is InChI=1S/C22H22N4O3S/c1-25-21(17-6-3-4-7-19(17)29-2)23-24-22(25)30-14-18(27)15-9-11-16(12-10-15)26-13-5-8-20(26)28/h3-4,6-7,9-12H,5,8,13-14H2,1-2H3. The Hall–Kier alpha value is -3.13. The van der Waals surface area contributed by atoms with E-state index in [2.05, 4.69) is 10.2 Å². The Kier molecular flexibility index (Phi) is 5.85. The monoisotopic (exact) mass is 422 g/mol. The van der Waals surface area contributed by atoms with Gasteiger partial charge in [0.2, 0.25) is 5.91 Å². The maximum absolute atomic E-state index is 12.6. The number of benzene rings is 2. The number of rotatable bonds is 7. The van der Waals surface area contributed by atoms with E-state index in [0.717, 1.165) is 30.0 Å². The van der Waals surface area contributed by atoms with Crippen LogP contribution in [-0.4, -0.2) is 45.9 Å². The van der Waals surface area contributed by atoms with Crippen molar-refractivity contribution in [1.29, 1.82) is 0 Å². The second-order valence-electron chi connectivity index (χ2n) is 6.97. The molecular formula is C22H22N4O3S. The molecule has 0 atom stereocenters. The number of aromatic nitrogens is 3. The van der Waals surface area contributed by atoms with E-state index in [1.807, 2.05) is 48.0 Å². The Morgan fingerprint density at radius 3 is 2.60 bits per heavy atom. The van der Waals surface area contributed by atoms with E-state index in [0.29, 0.717) is 23.0 Å². The Morgan fingerprint density at radius 1 is 1.13 bits per heavy atom. The molecule has 0 bridgehead atoms. The van der Waals surface area contributed by atoms with Gasteiger partial charge in [-0.1, -0.05) is 23.9 Å². The summed E-state index contributed by atoms with van der Waals surface area (Å²) >= 11 is 1.34. The van der Waals surface area contributed by atoms with Crippen molar-refractivity contribution in [3.05, 3.63) is 54.1 Å². The highest BCUT2D eigenvalue weighted by Crippen LogP contribution is 2.30. The molecule has 3 aromatic rings. The zero-order valence-corrected chi connectivity index (χ0v) is 17.7. The largest absolute Gasteiger partial charge is 0.496 e. The lowest BCUT2D eigenvalue weighted by Crippen LogP contribution is -2.23. The Balaban J connectivity index is 1.43. The number of amides is 1. The number of ketones is 1. The van der Waals surface area contributed by atoms with E-state index in [1.54, 1.807) is 24.1 Å². The van der Waals surface area contributed by atoms with E-state index in [-0.39, 0.29) is 17.4 Å². The van der Waals surface area contributed by atoms with E-state index in [1.165, 1.54) is 11.8 Å². The lowest BCUT2D eigenvalue weighted by molar-refractivity contribution is -0.117. The number of ether oxygens (including phenoxy) is 1. The van der Waals surface area contributed by atoms with Crippen LogP contribution in [0.3, 0.4) is 0 Å². The van der Waals surface area contributed by atoms with E-state index in [4.69, 9.17) is 4.74 Å². The van der Waals surface area contributed by atoms with Crippen LogP contribution in [-0.2, 0) is 11.8 Å². The molecule has 1 fully saturated rings. The summed E-state index contributed by atoms with van der Waals surface area (Å²) in [6.45, 7) is 0.739. The van der Waals surface area contributed by atoms with Crippen LogP contribution in [0.25, 0.3) is 11.4 Å². The van der Waals surface area contributed by atoms with E-state index in [9.17, 15) is 9.59 Å². The molecule has 0 unspecified atom stereocenters. The predicted octanol–water partition coefficient (Wildman–Crippen LogP) is 3.59. The van der Waals surface area contributed by atoms with Crippen LogP contribution in [0.5, 0.6) is 5.75 Å². The first-order chi connectivity index (χ1) is 14.6. The highest BCUT2D eigenvalue weighted by Gasteiger charge is 2.22. The Morgan fingerprint density at radius 2 is 1.90 bits per heavy atom. The van der Waals surface area contributed by atoms with Crippen molar-refractivity contribution >= 4 is 29.1 Å². The van der Waals surface area contributed by atoms with Crippen molar-refractivity contribution in [2.45, 2.75) is 18.0 Å². The maximum Gasteiger partial charge on any atom is 0.227 e. The van der Waals surface area contributed by atoms with Crippen molar-refractivity contribution in [1.82, 2.24) is 14.8 Å². The molecule has 7 nitrogen and oxygen atoms in total. The highest BCUT2D eigenvalue weighted by molar-refractivity contribution is 7.99. The van der Waals surface area contributed by atoms with E-state index >= 15 is 0 Å². The Labute approximate surface area is 179 Å². The van der Waals surface area contributed by atoms with Gasteiger partial charge in [-0.2, -0.15) is 0 Å². The molecule has 2 heterocycles. The number of hydrogen-bond acceptors (Lipinski definition) is 6. The number of Topliss-reactive ketones (excluding diaryl/α,β-unsaturated/α-hetero) is 1. The fraction of sp³-hybridized carbons (Fsp3) is 0.273. The van der Waals surface area contributed by atoms with E-state index < -0.39 is 0 Å². The van der Waals surface area contributed by atoms with Crippen LogP contribution in [0.2, 0.25) is 0 Å². The number of hydrogen-bond donors (Lipinski definition) is 0. The van der Waals surface area contributed by atoms with Gasteiger partial charge in [-0.25, -0.2) is 0 Å². The van der Waals surface area contributed by atoms with Gasteiger partial charge in [0.25, 0.3) is 0 Å². The molecule has 0 saturated carbocycles. The first-order valence-electron chi connectivity index (χ1n) is 9.67. The van der Waals surface area contributed by atoms with Crippen molar-refractivity contribution in [3.63, 3.8) is 0 Å². The minimum Gasteiger partial charge on any atom is -0.496 e. The van der Waals surface area contributed by atoms with Gasteiger partial charge in [0, 0.05) is 31.3 Å². The van der Waals surface area contributed by atoms with Gasteiger partial charge in [0.1, 0.15) is 5.75 Å². The zero-order valence-electron chi connectivity index (χ0n) is 16.9. The molecule has 1 aliphatic heterocycles. The summed E-state index contributed by atoms with van der Waals surface area (Å²) in [4.78, 5) is 26.3. The molecule has 2 aromatic carbocycles. The summed E-state index contributed by atoms with van der Waals surface area (Å²) in [6.07, 6.45) is 1.47. The predicted molar refractivity (Wildman–Crippen MR) is 116 cm³/mol. The summed E-state index contributed by atoms with van der Waals surface area (Å²) < 4.78 is 7.27. The average Bonchev–Trinajstić information content (AvgIpc) is 3.37. The third kappa shape index (κ3) is 3.95. The minimum atomic E-state index is 0.00106. The average molecular weight is 423 g/mol. The number of nitrogens with zero attached hydrogens (tertiary/aromatic N) is 4. The molecule has 0 radical (unpaired) electrons. The van der Waals surface area contributed by atoms with Crippen LogP contribution < -0.4 is 9.64 Å². The maximum atomic E-state index is 12.6. The molecule has 0 spiro atoms. The summed E-state index contributed by atoms with van der Waals surface area (Å²) in [5, 5.41) is 9.16. The van der Waals surface area contributed by atoms with Crippen molar-refractivity contribution in [3.8, 4) is 17.1 Å². The first-order valence-corrected chi connectivity index (χ1v) is 10.7. The quantitative estimate of drug-likeness (QED) is 0.428. The van der Waals surface area contributed by atoms with Crippen molar-refractivity contribution < 1.29 is 14.3 Å². The molecule has 1 saturated heterocycles. The molecule has 4 rings (SSSR count). The zero-order chi connectivity index (χ0) is 21.1. The summed E-state index contributed by atoms with van der Waals surface area (Å²) in [5.74, 6) is 1.79. The second kappa shape index (κ2) is 8.71. The summed E-state index contributed by atoms with van der Waals surface area (Å²) in [6, 6.07) is 14.9. The topological polar surface area (TPSA) is 77.3 Å². The minimum absolute atomic E-state index is 0.00106. The fourth-order valence-electron chi connectivity index (χ4n) is 3.47. The van der Waals surface area contributed by atoms with Crippen molar-refractivity contribution in [2.24, 2.45) is 7.05 Å². The van der Waals surface area contributed by atoms with Gasteiger partial charge < -0.3 is 14.2 Å². The smallest absolute Gasteiger partial charge is 0.227 e. The van der Waals surface area contributed by atoms with Gasteiger partial charge >= 0.3 is 0 Å². The van der Waals surface area contributed by atoms with Gasteiger partial charge in [0.15, 0.2) is 16.8 Å². The molecule has 1 aromatic heterocycles. The SMILES string of the molecule is COc1ccccc1-c1nnc(SCC(=O)c2ccc(N3CCCC3=O)cc2)n1C. The number of carbonyl (C=O) groups excluding carboxylic acids is 2. The third-order valence-corrected chi connectivity index (χ3v) is 6.11. The van der Waals surface area contributed by atoms with Crippen LogP contribution >= 0.6 is 11.8 Å². The number of anilines is 1. The molecule has 154 valence electrons. The van der Waals surface area contributed by atoms with Crippen LogP contribution in [0.15, 0.2) is 53.7 Å². The summed E-state index contributed by atoms with van der Waals surface area (Å²) in [5.41, 5.74) is 2.31. The number of para-hydroxylation sites is 1. The van der Waals surface area contributed by atoms with Gasteiger partial charge in [-0.15, -0.1) is 10.2 Å². The van der Waals surface area contributed by atoms with Crippen LogP contribution in [0, 0.1) is 0 Å². The molecule has 0 aliphatic carbocycles. The molecule has 1 aliphatic rings. The molecule has 30 heavy (non-hydrogen) atoms. The Bertz CT molecular complexity index is 1080. The first kappa shape index (κ1) is 20.2. The van der Waals surface area contributed by atoms with Gasteiger partial charge in [-0.05, 0) is 42.8 Å². The lowest BCUT2D eigenvalue weighted by Gasteiger charge is -2.15. The van der Waals surface area contributed by atoms with Crippen LogP contribution in [0.1, 0.15) is 23.2 Å². The molecule has 1 amide bonds. The molecule has 8 heteroatoms. The second-order valence-corrected chi connectivity index (χ2v) is 7.92. The van der Waals surface area contributed by atoms with Crippen LogP contribution in [0.4, 0.5) is 5.69 Å². The number of methoxy groups -OCH3 is 1.